The minimum absolute atomic E-state index is 0.0318. The van der Waals surface area contributed by atoms with Crippen LogP contribution in [0.1, 0.15) is 16.2 Å². The summed E-state index contributed by atoms with van der Waals surface area (Å²) in [7, 11) is 1.68. The summed E-state index contributed by atoms with van der Waals surface area (Å²) in [6.07, 6.45) is 6.12. The molecule has 0 N–H and O–H groups in total. The van der Waals surface area contributed by atoms with Gasteiger partial charge in [-0.25, -0.2) is 4.98 Å². The lowest BCUT2D eigenvalue weighted by atomic mass is 10.1. The SMILES string of the molecule is Cn1ccnc1C(=O)c1ccc(Oc2cccnc2)c([N+](=O)[O-])c1. The zero-order valence-corrected chi connectivity index (χ0v) is 12.6. The highest BCUT2D eigenvalue weighted by atomic mass is 16.6. The van der Waals surface area contributed by atoms with Gasteiger partial charge in [0.2, 0.25) is 11.5 Å². The van der Waals surface area contributed by atoms with E-state index in [9.17, 15) is 14.9 Å². The molecular formula is C16H12N4O4. The monoisotopic (exact) mass is 324 g/mol. The van der Waals surface area contributed by atoms with Gasteiger partial charge in [-0.2, -0.15) is 0 Å². The standard InChI is InChI=1S/C16H12N4O4/c1-19-8-7-18-16(19)15(21)11-4-5-14(13(9-11)20(22)23)24-12-3-2-6-17-10-12/h2-10H,1H3. The Bertz CT molecular complexity index is 905. The van der Waals surface area contributed by atoms with Crippen molar-refractivity contribution in [1.29, 1.82) is 0 Å². The fourth-order valence-corrected chi connectivity index (χ4v) is 2.14. The summed E-state index contributed by atoms with van der Waals surface area (Å²) < 4.78 is 7.03. The molecule has 0 aliphatic heterocycles. The Morgan fingerprint density at radius 1 is 1.29 bits per heavy atom. The molecule has 0 radical (unpaired) electrons. The van der Waals surface area contributed by atoms with Crippen LogP contribution in [-0.4, -0.2) is 25.2 Å². The van der Waals surface area contributed by atoms with Crippen LogP contribution in [0.3, 0.4) is 0 Å². The molecule has 0 unspecified atom stereocenters. The molecule has 24 heavy (non-hydrogen) atoms. The summed E-state index contributed by atoms with van der Waals surface area (Å²) in [5, 5.41) is 11.3. The summed E-state index contributed by atoms with van der Waals surface area (Å²) in [6.45, 7) is 0. The quantitative estimate of drug-likeness (QED) is 0.406. The predicted octanol–water partition coefficient (Wildman–Crippen LogP) is 2.75. The molecule has 8 heteroatoms. The number of aromatic nitrogens is 3. The summed E-state index contributed by atoms with van der Waals surface area (Å²) in [5.74, 6) is 0.192. The van der Waals surface area contributed by atoms with Crippen LogP contribution in [0, 0.1) is 10.1 Å². The summed E-state index contributed by atoms with van der Waals surface area (Å²) >= 11 is 0. The number of nitro benzene ring substituents is 1. The van der Waals surface area contributed by atoms with Crippen LogP contribution >= 0.6 is 0 Å². The number of nitrogens with zero attached hydrogens (tertiary/aromatic N) is 4. The third-order valence-corrected chi connectivity index (χ3v) is 3.30. The summed E-state index contributed by atoms with van der Waals surface area (Å²) in [4.78, 5) is 31.0. The van der Waals surface area contributed by atoms with Gasteiger partial charge >= 0.3 is 5.69 Å². The van der Waals surface area contributed by atoms with E-state index in [2.05, 4.69) is 9.97 Å². The van der Waals surface area contributed by atoms with Crippen LogP contribution < -0.4 is 4.74 Å². The zero-order valence-electron chi connectivity index (χ0n) is 12.6. The van der Waals surface area contributed by atoms with Crippen LogP contribution in [0.15, 0.2) is 55.1 Å². The second-order valence-corrected chi connectivity index (χ2v) is 4.92. The molecule has 0 fully saturated rings. The number of pyridine rings is 1. The normalized spacial score (nSPS) is 10.4. The van der Waals surface area contributed by atoms with Gasteiger partial charge in [-0.05, 0) is 24.3 Å². The average Bonchev–Trinajstić information content (AvgIpc) is 3.01. The smallest absolute Gasteiger partial charge is 0.312 e. The van der Waals surface area contributed by atoms with Crippen molar-refractivity contribution >= 4 is 11.5 Å². The minimum Gasteiger partial charge on any atom is -0.449 e. The van der Waals surface area contributed by atoms with E-state index in [1.54, 1.807) is 36.1 Å². The Kier molecular flexibility index (Phi) is 4.02. The predicted molar refractivity (Wildman–Crippen MR) is 84.0 cm³/mol. The van der Waals surface area contributed by atoms with Gasteiger partial charge in [0, 0.05) is 37.3 Å². The third-order valence-electron chi connectivity index (χ3n) is 3.30. The van der Waals surface area contributed by atoms with E-state index >= 15 is 0 Å². The molecule has 0 atom stereocenters. The molecule has 1 aromatic carbocycles. The van der Waals surface area contributed by atoms with E-state index in [-0.39, 0.29) is 22.8 Å². The van der Waals surface area contributed by atoms with Gasteiger partial charge in [0.05, 0.1) is 11.1 Å². The molecule has 0 saturated heterocycles. The number of rotatable bonds is 5. The van der Waals surface area contributed by atoms with Crippen molar-refractivity contribution in [2.45, 2.75) is 0 Å². The van der Waals surface area contributed by atoms with Gasteiger partial charge < -0.3 is 9.30 Å². The highest BCUT2D eigenvalue weighted by Crippen LogP contribution is 2.32. The van der Waals surface area contributed by atoms with Crippen molar-refractivity contribution in [3.05, 3.63) is 76.6 Å². The van der Waals surface area contributed by atoms with Gasteiger partial charge in [0.1, 0.15) is 5.75 Å². The van der Waals surface area contributed by atoms with Crippen molar-refractivity contribution in [1.82, 2.24) is 14.5 Å². The lowest BCUT2D eigenvalue weighted by Crippen LogP contribution is -2.09. The molecule has 0 spiro atoms. The third kappa shape index (κ3) is 2.98. The molecule has 0 saturated carbocycles. The van der Waals surface area contributed by atoms with Crippen molar-refractivity contribution in [2.24, 2.45) is 7.05 Å². The van der Waals surface area contributed by atoms with E-state index < -0.39 is 10.7 Å². The first-order valence-corrected chi connectivity index (χ1v) is 6.94. The Hall–Kier alpha value is -3.55. The molecule has 0 aliphatic rings. The molecule has 0 bridgehead atoms. The Labute approximate surface area is 136 Å². The first-order valence-electron chi connectivity index (χ1n) is 6.94. The molecule has 2 heterocycles. The largest absolute Gasteiger partial charge is 0.449 e. The Morgan fingerprint density at radius 3 is 2.75 bits per heavy atom. The molecule has 3 aromatic rings. The number of ketones is 1. The highest BCUT2D eigenvalue weighted by molar-refractivity contribution is 6.07. The van der Waals surface area contributed by atoms with E-state index in [1.807, 2.05) is 0 Å². The molecule has 0 amide bonds. The van der Waals surface area contributed by atoms with Crippen LogP contribution in [-0.2, 0) is 7.05 Å². The Morgan fingerprint density at radius 2 is 2.12 bits per heavy atom. The lowest BCUT2D eigenvalue weighted by Gasteiger charge is -2.07. The van der Waals surface area contributed by atoms with Crippen LogP contribution in [0.25, 0.3) is 0 Å². The number of benzene rings is 1. The number of ether oxygens (including phenoxy) is 1. The highest BCUT2D eigenvalue weighted by Gasteiger charge is 2.21. The number of imidazole rings is 1. The van der Waals surface area contributed by atoms with E-state index in [4.69, 9.17) is 4.74 Å². The van der Waals surface area contributed by atoms with E-state index in [0.717, 1.165) is 0 Å². The number of carbonyl (C=O) groups excluding carboxylic acids is 1. The zero-order chi connectivity index (χ0) is 17.1. The van der Waals surface area contributed by atoms with Crippen molar-refractivity contribution in [3.63, 3.8) is 0 Å². The molecule has 3 rings (SSSR count). The van der Waals surface area contributed by atoms with Gasteiger partial charge in [0.25, 0.3) is 0 Å². The number of hydrogen-bond donors (Lipinski definition) is 0. The van der Waals surface area contributed by atoms with Crippen LogP contribution in [0.5, 0.6) is 11.5 Å². The molecule has 2 aromatic heterocycles. The van der Waals surface area contributed by atoms with E-state index in [1.165, 1.54) is 30.6 Å². The van der Waals surface area contributed by atoms with Gasteiger partial charge in [-0.15, -0.1) is 0 Å². The van der Waals surface area contributed by atoms with Crippen LogP contribution in [0.4, 0.5) is 5.69 Å². The van der Waals surface area contributed by atoms with Crippen molar-refractivity contribution in [3.8, 4) is 11.5 Å². The minimum atomic E-state index is -0.596. The van der Waals surface area contributed by atoms with Gasteiger partial charge in [-0.3, -0.25) is 19.9 Å². The van der Waals surface area contributed by atoms with Crippen molar-refractivity contribution < 1.29 is 14.5 Å². The fraction of sp³-hybridized carbons (Fsp3) is 0.0625. The molecular weight excluding hydrogens is 312 g/mol. The number of aryl methyl sites for hydroxylation is 1. The number of hydrogen-bond acceptors (Lipinski definition) is 6. The fourth-order valence-electron chi connectivity index (χ4n) is 2.14. The van der Waals surface area contributed by atoms with Crippen molar-refractivity contribution in [2.75, 3.05) is 0 Å². The molecule has 120 valence electrons. The first kappa shape index (κ1) is 15.3. The second kappa shape index (κ2) is 6.29. The number of carbonyl (C=O) groups is 1. The van der Waals surface area contributed by atoms with Gasteiger partial charge in [0.15, 0.2) is 5.82 Å². The maximum absolute atomic E-state index is 12.4. The van der Waals surface area contributed by atoms with Gasteiger partial charge in [-0.1, -0.05) is 0 Å². The molecule has 8 nitrogen and oxygen atoms in total. The first-order chi connectivity index (χ1) is 11.6. The van der Waals surface area contributed by atoms with Crippen LogP contribution in [0.2, 0.25) is 0 Å². The lowest BCUT2D eigenvalue weighted by molar-refractivity contribution is -0.385. The van der Waals surface area contributed by atoms with E-state index in [0.29, 0.717) is 5.75 Å². The number of nitro groups is 1. The summed E-state index contributed by atoms with van der Waals surface area (Å²) in [6, 6.07) is 7.32. The maximum Gasteiger partial charge on any atom is 0.312 e. The Balaban J connectivity index is 1.97. The summed E-state index contributed by atoms with van der Waals surface area (Å²) in [5.41, 5.74) is -0.145. The maximum atomic E-state index is 12.4. The topological polar surface area (TPSA) is 100 Å². The second-order valence-electron chi connectivity index (χ2n) is 4.92. The molecule has 0 aliphatic carbocycles. The average molecular weight is 324 g/mol.